The molecule has 0 rings (SSSR count). The van der Waals surface area contributed by atoms with Crippen molar-refractivity contribution in [2.75, 3.05) is 7.11 Å². The largest absolute Gasteiger partial charge is 0.400 e. The van der Waals surface area contributed by atoms with Gasteiger partial charge in [-0.15, -0.1) is 0 Å². The summed E-state index contributed by atoms with van der Waals surface area (Å²) in [4.78, 5) is 0. The summed E-state index contributed by atoms with van der Waals surface area (Å²) in [6.45, 7) is 4.00. The van der Waals surface area contributed by atoms with E-state index in [1.807, 2.05) is 13.8 Å². The molecule has 0 fully saturated rings. The molecule has 6 heavy (non-hydrogen) atoms. The van der Waals surface area contributed by atoms with Crippen molar-refractivity contribution in [2.45, 2.75) is 28.7 Å². The van der Waals surface area contributed by atoms with E-state index in [-0.39, 0.29) is 14.9 Å². The molecule has 1 nitrogen and oxygen atoms in total. The maximum Gasteiger partial charge on any atom is 0.0319 e. The monoisotopic (exact) mass is 94.1 g/mol. The molecule has 0 unspecified atom stereocenters. The highest BCUT2D eigenvalue weighted by atomic mass is 16.2. The highest BCUT2D eigenvalue weighted by Crippen LogP contribution is 1.14. The van der Waals surface area contributed by atoms with Gasteiger partial charge < -0.3 is 5.11 Å². The van der Waals surface area contributed by atoms with Crippen LogP contribution in [0.4, 0.5) is 0 Å². The van der Waals surface area contributed by atoms with Crippen LogP contribution in [-0.4, -0.2) is 12.2 Å². The fourth-order valence-electron chi connectivity index (χ4n) is 0. The smallest absolute Gasteiger partial charge is 0.0319 e. The van der Waals surface area contributed by atoms with Crippen LogP contribution in [0.5, 0.6) is 0 Å². The Kier molecular flexibility index (Phi) is 309000. The van der Waals surface area contributed by atoms with Crippen LogP contribution in [0, 0.1) is 0 Å². The van der Waals surface area contributed by atoms with Crippen molar-refractivity contribution in [3.05, 3.63) is 0 Å². The van der Waals surface area contributed by atoms with E-state index in [9.17, 15) is 0 Å². The average molecular weight is 94.2 g/mol. The van der Waals surface area contributed by atoms with Crippen molar-refractivity contribution in [1.82, 2.24) is 0 Å². The zero-order valence-corrected chi connectivity index (χ0v) is 3.45. The first-order valence-corrected chi connectivity index (χ1v) is 1.45. The molecule has 0 bridgehead atoms. The number of hydrogen-bond donors (Lipinski definition) is 1. The molecular weight excluding hydrogens is 76.1 g/mol. The first-order chi connectivity index (χ1) is 2.00. The van der Waals surface area contributed by atoms with Gasteiger partial charge in [0.1, 0.15) is 0 Å². The molecule has 44 valence electrons. The van der Waals surface area contributed by atoms with Crippen molar-refractivity contribution in [3.8, 4) is 0 Å². The molecule has 0 aromatic rings. The van der Waals surface area contributed by atoms with Gasteiger partial charge in [-0.3, -0.25) is 0 Å². The minimum Gasteiger partial charge on any atom is -0.400 e. The Morgan fingerprint density at radius 3 is 0.833 bits per heavy atom. The van der Waals surface area contributed by atoms with Crippen LogP contribution in [0.2, 0.25) is 0 Å². The topological polar surface area (TPSA) is 20.2 Å². The van der Waals surface area contributed by atoms with Crippen molar-refractivity contribution in [1.29, 1.82) is 0 Å². The summed E-state index contributed by atoms with van der Waals surface area (Å²) in [6.07, 6.45) is 0. The standard InChI is InChI=1S/C2H6.CH4O.2CH4/c2*1-2;;/h1-2H3;2H,1H3;2*1H4. The Labute approximate surface area is 42.0 Å². The molecule has 0 aliphatic carbocycles. The lowest BCUT2D eigenvalue weighted by Crippen LogP contribution is -1.25. The van der Waals surface area contributed by atoms with Gasteiger partial charge in [0.15, 0.2) is 0 Å². The van der Waals surface area contributed by atoms with E-state index in [1.165, 1.54) is 0 Å². The Balaban J connectivity index is -0.00000000500. The van der Waals surface area contributed by atoms with E-state index in [0.29, 0.717) is 0 Å². The van der Waals surface area contributed by atoms with Gasteiger partial charge in [-0.25, -0.2) is 0 Å². The van der Waals surface area contributed by atoms with Gasteiger partial charge in [-0.1, -0.05) is 28.7 Å². The summed E-state index contributed by atoms with van der Waals surface area (Å²) < 4.78 is 0. The number of rotatable bonds is 0. The molecule has 0 saturated carbocycles. The third kappa shape index (κ3) is 21700. The molecule has 0 amide bonds. The maximum atomic E-state index is 7.00. The Hall–Kier alpha value is -0.0400. The minimum absolute atomic E-state index is 0. The predicted octanol–water partition coefficient (Wildman–Crippen LogP) is 1.91. The molecule has 0 heterocycles. The minimum atomic E-state index is 0. The summed E-state index contributed by atoms with van der Waals surface area (Å²) in [5.74, 6) is 0. The molecule has 0 radical (unpaired) electrons. The van der Waals surface area contributed by atoms with Crippen molar-refractivity contribution >= 4 is 0 Å². The molecule has 0 spiro atoms. The molecular formula is C5H18O. The van der Waals surface area contributed by atoms with Crippen LogP contribution in [0.1, 0.15) is 28.7 Å². The first kappa shape index (κ1) is 38.2. The van der Waals surface area contributed by atoms with Crippen molar-refractivity contribution in [3.63, 3.8) is 0 Å². The van der Waals surface area contributed by atoms with Gasteiger partial charge in [0.25, 0.3) is 0 Å². The second-order valence-electron chi connectivity index (χ2n) is 0. The van der Waals surface area contributed by atoms with Crippen molar-refractivity contribution < 1.29 is 5.11 Å². The molecule has 0 saturated heterocycles. The predicted molar refractivity (Wildman–Crippen MR) is 33.0 cm³/mol. The molecule has 0 atom stereocenters. The third-order valence-electron chi connectivity index (χ3n) is 0. The molecule has 0 aliphatic rings. The molecule has 0 aromatic heterocycles. The summed E-state index contributed by atoms with van der Waals surface area (Å²) in [5.41, 5.74) is 0. The highest BCUT2D eigenvalue weighted by molar-refractivity contribution is 3.50. The molecule has 0 aromatic carbocycles. The SMILES string of the molecule is C.C.CC.CO. The van der Waals surface area contributed by atoms with Crippen LogP contribution < -0.4 is 0 Å². The van der Waals surface area contributed by atoms with Crippen LogP contribution in [0.25, 0.3) is 0 Å². The van der Waals surface area contributed by atoms with E-state index in [1.54, 1.807) is 0 Å². The summed E-state index contributed by atoms with van der Waals surface area (Å²) in [6, 6.07) is 0. The zero-order chi connectivity index (χ0) is 4.00. The molecule has 1 N–H and O–H groups in total. The van der Waals surface area contributed by atoms with Gasteiger partial charge in [0.05, 0.1) is 0 Å². The second kappa shape index (κ2) is 48600. The van der Waals surface area contributed by atoms with E-state index < -0.39 is 0 Å². The van der Waals surface area contributed by atoms with Gasteiger partial charge >= 0.3 is 0 Å². The second-order valence-corrected chi connectivity index (χ2v) is 0. The van der Waals surface area contributed by atoms with E-state index >= 15 is 0 Å². The number of aliphatic hydroxyl groups is 1. The average Bonchev–Trinajstić information content (AvgIpc) is 1.50. The first-order valence-electron chi connectivity index (χ1n) is 1.45. The van der Waals surface area contributed by atoms with E-state index in [0.717, 1.165) is 7.11 Å². The third-order valence-corrected chi connectivity index (χ3v) is 0. The van der Waals surface area contributed by atoms with Gasteiger partial charge in [0, 0.05) is 7.11 Å². The Bertz CT molecular complexity index is 3.90. The van der Waals surface area contributed by atoms with Crippen LogP contribution >= 0.6 is 0 Å². The number of aliphatic hydroxyl groups excluding tert-OH is 1. The van der Waals surface area contributed by atoms with Gasteiger partial charge in [0.2, 0.25) is 0 Å². The lowest BCUT2D eigenvalue weighted by molar-refractivity contribution is 0.399. The van der Waals surface area contributed by atoms with Gasteiger partial charge in [-0.2, -0.15) is 0 Å². The van der Waals surface area contributed by atoms with E-state index in [2.05, 4.69) is 0 Å². The van der Waals surface area contributed by atoms with Crippen LogP contribution in [-0.2, 0) is 0 Å². The maximum absolute atomic E-state index is 7.00. The summed E-state index contributed by atoms with van der Waals surface area (Å²) in [5, 5.41) is 7.00. The Morgan fingerprint density at radius 2 is 0.833 bits per heavy atom. The van der Waals surface area contributed by atoms with Crippen molar-refractivity contribution in [2.24, 2.45) is 0 Å². The van der Waals surface area contributed by atoms with Gasteiger partial charge in [-0.05, 0) is 0 Å². The quantitative estimate of drug-likeness (QED) is 0.486. The normalized spacial score (nSPS) is 2.00. The van der Waals surface area contributed by atoms with Crippen LogP contribution in [0.15, 0.2) is 0 Å². The zero-order valence-electron chi connectivity index (χ0n) is 3.45. The summed E-state index contributed by atoms with van der Waals surface area (Å²) in [7, 11) is 1.00. The van der Waals surface area contributed by atoms with E-state index in [4.69, 9.17) is 5.11 Å². The molecule has 0 aliphatic heterocycles. The fourth-order valence-corrected chi connectivity index (χ4v) is 0. The summed E-state index contributed by atoms with van der Waals surface area (Å²) >= 11 is 0. The highest BCUT2D eigenvalue weighted by Gasteiger charge is 0.932. The fraction of sp³-hybridized carbons (Fsp3) is 1.00. The number of hydrogen-bond acceptors (Lipinski definition) is 1. The lowest BCUT2D eigenvalue weighted by atomic mass is 11.0. The van der Waals surface area contributed by atoms with Crippen LogP contribution in [0.3, 0.4) is 0 Å². The lowest BCUT2D eigenvalue weighted by Gasteiger charge is -1.21. The molecule has 1 heteroatoms. The Morgan fingerprint density at radius 1 is 0.833 bits per heavy atom.